The van der Waals surface area contributed by atoms with E-state index < -0.39 is 29.1 Å². The molecule has 146 valence electrons. The SMILES string of the molecule is COc1cccc(C2(C)NC(=O)N(NC(=S)Nc3ccc(F)cc3F)C2=O)c1. The molecule has 1 saturated heterocycles. The molecule has 3 amide bonds. The molecule has 0 aromatic heterocycles. The van der Waals surface area contributed by atoms with E-state index in [4.69, 9.17) is 17.0 Å². The molecule has 1 fully saturated rings. The number of halogens is 2. The Morgan fingerprint density at radius 2 is 1.96 bits per heavy atom. The Hall–Kier alpha value is -3.27. The van der Waals surface area contributed by atoms with Gasteiger partial charge in [0.25, 0.3) is 5.91 Å². The van der Waals surface area contributed by atoms with Crippen LogP contribution in [0.1, 0.15) is 12.5 Å². The first-order valence-electron chi connectivity index (χ1n) is 8.08. The largest absolute Gasteiger partial charge is 0.497 e. The Bertz CT molecular complexity index is 972. The van der Waals surface area contributed by atoms with E-state index in [-0.39, 0.29) is 10.8 Å². The molecule has 2 aromatic rings. The van der Waals surface area contributed by atoms with Crippen molar-refractivity contribution in [2.24, 2.45) is 0 Å². The first kappa shape index (κ1) is 19.5. The number of ether oxygens (including phenoxy) is 1. The Morgan fingerprint density at radius 1 is 1.21 bits per heavy atom. The van der Waals surface area contributed by atoms with Crippen LogP contribution >= 0.6 is 12.2 Å². The highest BCUT2D eigenvalue weighted by Gasteiger charge is 2.50. The zero-order chi connectivity index (χ0) is 20.5. The molecular formula is C18H16F2N4O3S. The average molecular weight is 406 g/mol. The van der Waals surface area contributed by atoms with Gasteiger partial charge in [-0.3, -0.25) is 10.2 Å². The molecule has 28 heavy (non-hydrogen) atoms. The van der Waals surface area contributed by atoms with Gasteiger partial charge in [-0.15, -0.1) is 0 Å². The number of imide groups is 1. The molecule has 3 rings (SSSR count). The van der Waals surface area contributed by atoms with Crippen LogP contribution in [0.3, 0.4) is 0 Å². The zero-order valence-electron chi connectivity index (χ0n) is 14.9. The van der Waals surface area contributed by atoms with Gasteiger partial charge in [0.15, 0.2) is 5.11 Å². The molecule has 7 nitrogen and oxygen atoms in total. The van der Waals surface area contributed by atoms with E-state index in [1.165, 1.54) is 7.11 Å². The monoisotopic (exact) mass is 406 g/mol. The van der Waals surface area contributed by atoms with Crippen molar-refractivity contribution in [3.05, 3.63) is 59.7 Å². The second kappa shape index (κ2) is 7.39. The fraction of sp³-hybridized carbons (Fsp3) is 0.167. The topological polar surface area (TPSA) is 82.7 Å². The molecule has 2 aromatic carbocycles. The van der Waals surface area contributed by atoms with Crippen LogP contribution in [0.15, 0.2) is 42.5 Å². The maximum atomic E-state index is 13.7. The molecule has 10 heteroatoms. The van der Waals surface area contributed by atoms with Crippen LogP contribution in [-0.2, 0) is 10.3 Å². The molecule has 1 heterocycles. The Labute approximate surface area is 164 Å². The van der Waals surface area contributed by atoms with Crippen LogP contribution in [0.5, 0.6) is 5.75 Å². The van der Waals surface area contributed by atoms with Crippen LogP contribution < -0.4 is 20.8 Å². The lowest BCUT2D eigenvalue weighted by Crippen LogP contribution is -2.49. The van der Waals surface area contributed by atoms with E-state index in [9.17, 15) is 18.4 Å². The summed E-state index contributed by atoms with van der Waals surface area (Å²) in [5.74, 6) is -1.71. The van der Waals surface area contributed by atoms with Gasteiger partial charge in [-0.2, -0.15) is 5.01 Å². The molecule has 0 bridgehead atoms. The predicted molar refractivity (Wildman–Crippen MR) is 101 cm³/mol. The van der Waals surface area contributed by atoms with Crippen LogP contribution in [0, 0.1) is 11.6 Å². The van der Waals surface area contributed by atoms with Gasteiger partial charge in [0, 0.05) is 6.07 Å². The molecule has 1 atom stereocenters. The number of nitrogens with one attached hydrogen (secondary N) is 3. The van der Waals surface area contributed by atoms with Crippen molar-refractivity contribution in [2.45, 2.75) is 12.5 Å². The van der Waals surface area contributed by atoms with Crippen molar-refractivity contribution in [3.8, 4) is 5.75 Å². The quantitative estimate of drug-likeness (QED) is 0.535. The summed E-state index contributed by atoms with van der Waals surface area (Å²) >= 11 is 5.03. The van der Waals surface area contributed by atoms with E-state index in [2.05, 4.69) is 16.1 Å². The van der Waals surface area contributed by atoms with Crippen LogP contribution in [0.25, 0.3) is 0 Å². The van der Waals surface area contributed by atoms with Crippen LogP contribution in [0.4, 0.5) is 19.3 Å². The van der Waals surface area contributed by atoms with Crippen molar-refractivity contribution >= 4 is 35.0 Å². The van der Waals surface area contributed by atoms with Gasteiger partial charge in [-0.25, -0.2) is 13.6 Å². The number of thiocarbonyl (C=S) groups is 1. The predicted octanol–water partition coefficient (Wildman–Crippen LogP) is 2.64. The van der Waals surface area contributed by atoms with E-state index in [1.807, 2.05) is 0 Å². The normalized spacial score (nSPS) is 18.6. The van der Waals surface area contributed by atoms with E-state index in [1.54, 1.807) is 31.2 Å². The fourth-order valence-corrected chi connectivity index (χ4v) is 2.91. The Balaban J connectivity index is 1.77. The van der Waals surface area contributed by atoms with Gasteiger partial charge in [0.2, 0.25) is 0 Å². The number of hydrogen-bond donors (Lipinski definition) is 3. The summed E-state index contributed by atoms with van der Waals surface area (Å²) in [6.07, 6.45) is 0. The minimum Gasteiger partial charge on any atom is -0.497 e. The van der Waals surface area contributed by atoms with E-state index in [0.717, 1.165) is 12.1 Å². The van der Waals surface area contributed by atoms with Crippen molar-refractivity contribution in [2.75, 3.05) is 12.4 Å². The molecule has 0 saturated carbocycles. The van der Waals surface area contributed by atoms with Gasteiger partial charge < -0.3 is 15.4 Å². The average Bonchev–Trinajstić information content (AvgIpc) is 2.88. The van der Waals surface area contributed by atoms with Crippen LogP contribution in [0.2, 0.25) is 0 Å². The highest BCUT2D eigenvalue weighted by molar-refractivity contribution is 7.80. The number of benzene rings is 2. The number of rotatable bonds is 4. The molecule has 1 aliphatic heterocycles. The Morgan fingerprint density at radius 3 is 2.64 bits per heavy atom. The highest BCUT2D eigenvalue weighted by Crippen LogP contribution is 2.30. The standard InChI is InChI=1S/C18H16F2N4O3S/c1-18(10-4-3-5-12(8-10)27-2)15(25)24(17(26)22-18)23-16(28)21-14-7-6-11(19)9-13(14)20/h3-9H,1-2H3,(H,22,26)(H2,21,23,28). The van der Waals surface area contributed by atoms with E-state index in [0.29, 0.717) is 22.4 Å². The minimum absolute atomic E-state index is 0.110. The molecule has 3 N–H and O–H groups in total. The summed E-state index contributed by atoms with van der Waals surface area (Å²) in [5.41, 5.74) is 1.47. The molecule has 0 spiro atoms. The second-order valence-electron chi connectivity index (χ2n) is 6.12. The summed E-state index contributed by atoms with van der Waals surface area (Å²) < 4.78 is 31.9. The summed E-state index contributed by atoms with van der Waals surface area (Å²) in [4.78, 5) is 25.2. The third-order valence-electron chi connectivity index (χ3n) is 4.23. The first-order chi connectivity index (χ1) is 13.2. The molecule has 0 radical (unpaired) electrons. The number of anilines is 1. The maximum Gasteiger partial charge on any atom is 0.344 e. The number of methoxy groups -OCH3 is 1. The smallest absolute Gasteiger partial charge is 0.344 e. The second-order valence-corrected chi connectivity index (χ2v) is 6.53. The summed E-state index contributed by atoms with van der Waals surface area (Å²) in [6.45, 7) is 1.54. The van der Waals surface area contributed by atoms with Gasteiger partial charge in [-0.05, 0) is 49.0 Å². The molecule has 1 unspecified atom stereocenters. The van der Waals surface area contributed by atoms with Crippen molar-refractivity contribution in [1.82, 2.24) is 15.8 Å². The van der Waals surface area contributed by atoms with Gasteiger partial charge in [0.1, 0.15) is 22.9 Å². The number of hydrazine groups is 1. The number of urea groups is 1. The van der Waals surface area contributed by atoms with Crippen molar-refractivity contribution in [3.63, 3.8) is 0 Å². The minimum atomic E-state index is -1.35. The lowest BCUT2D eigenvalue weighted by atomic mass is 9.92. The first-order valence-corrected chi connectivity index (χ1v) is 8.49. The number of carbonyl (C=O) groups is 2. The number of amides is 3. The summed E-state index contributed by atoms with van der Waals surface area (Å²) in [5, 5.41) is 5.54. The number of nitrogens with zero attached hydrogens (tertiary/aromatic N) is 1. The van der Waals surface area contributed by atoms with Gasteiger partial charge >= 0.3 is 6.03 Å². The summed E-state index contributed by atoms with van der Waals surface area (Å²) in [7, 11) is 1.49. The molecule has 1 aliphatic rings. The van der Waals surface area contributed by atoms with Crippen molar-refractivity contribution < 1.29 is 23.1 Å². The van der Waals surface area contributed by atoms with E-state index >= 15 is 0 Å². The lowest BCUT2D eigenvalue weighted by molar-refractivity contribution is -0.132. The summed E-state index contributed by atoms with van der Waals surface area (Å²) in [6, 6.07) is 8.84. The third-order valence-corrected chi connectivity index (χ3v) is 4.42. The van der Waals surface area contributed by atoms with Gasteiger partial charge in [-0.1, -0.05) is 12.1 Å². The highest BCUT2D eigenvalue weighted by atomic mass is 32.1. The Kier molecular flexibility index (Phi) is 5.14. The lowest BCUT2D eigenvalue weighted by Gasteiger charge is -2.23. The molecular weight excluding hydrogens is 390 g/mol. The van der Waals surface area contributed by atoms with Crippen LogP contribution in [-0.4, -0.2) is 29.2 Å². The maximum absolute atomic E-state index is 13.7. The van der Waals surface area contributed by atoms with Crippen molar-refractivity contribution in [1.29, 1.82) is 0 Å². The van der Waals surface area contributed by atoms with Gasteiger partial charge in [0.05, 0.1) is 12.8 Å². The molecule has 0 aliphatic carbocycles. The zero-order valence-corrected chi connectivity index (χ0v) is 15.7. The third kappa shape index (κ3) is 3.58. The number of carbonyl (C=O) groups excluding carboxylic acids is 2. The number of hydrogen-bond acceptors (Lipinski definition) is 4. The fourth-order valence-electron chi connectivity index (χ4n) is 2.71.